The molecule has 1 saturated heterocycles. The molecule has 30 heavy (non-hydrogen) atoms. The highest BCUT2D eigenvalue weighted by Crippen LogP contribution is 2.38. The number of nitrogens with one attached hydrogen (secondary N) is 1. The van der Waals surface area contributed by atoms with Gasteiger partial charge in [0.05, 0.1) is 23.7 Å². The van der Waals surface area contributed by atoms with E-state index in [1.807, 2.05) is 20.8 Å². The molecule has 2 aromatic carbocycles. The summed E-state index contributed by atoms with van der Waals surface area (Å²) in [6.07, 6.45) is 1.50. The molecule has 0 bridgehead atoms. The number of carbonyl (C=O) groups excluding carboxylic acids is 2. The van der Waals surface area contributed by atoms with Crippen molar-refractivity contribution < 1.29 is 23.5 Å². The molecule has 2 aromatic rings. The van der Waals surface area contributed by atoms with Gasteiger partial charge in [-0.15, -0.1) is 0 Å². The maximum Gasteiger partial charge on any atom is 0.329 e. The van der Waals surface area contributed by atoms with Crippen molar-refractivity contribution in [1.29, 1.82) is 0 Å². The van der Waals surface area contributed by atoms with Gasteiger partial charge < -0.3 is 14.8 Å². The Bertz CT molecular complexity index is 1010. The van der Waals surface area contributed by atoms with Gasteiger partial charge >= 0.3 is 6.03 Å². The second-order valence-electron chi connectivity index (χ2n) is 6.90. The number of ether oxygens (including phenoxy) is 2. The summed E-state index contributed by atoms with van der Waals surface area (Å²) in [5.74, 6) is 0.0887. The molecule has 8 heteroatoms. The normalized spacial score (nSPS) is 15.1. The number of imide groups is 1. The fourth-order valence-electron chi connectivity index (χ4n) is 2.96. The summed E-state index contributed by atoms with van der Waals surface area (Å²) in [4.78, 5) is 26.0. The first kappa shape index (κ1) is 21.8. The van der Waals surface area contributed by atoms with Crippen LogP contribution in [0.15, 0.2) is 46.6 Å². The van der Waals surface area contributed by atoms with Crippen molar-refractivity contribution in [1.82, 2.24) is 10.2 Å². The van der Waals surface area contributed by atoms with Gasteiger partial charge in [0.2, 0.25) is 0 Å². The fourth-order valence-corrected chi connectivity index (χ4v) is 3.52. The molecular formula is C22H22BrFN2O4. The van der Waals surface area contributed by atoms with Gasteiger partial charge in [-0.25, -0.2) is 9.18 Å². The largest absolute Gasteiger partial charge is 0.490 e. The van der Waals surface area contributed by atoms with Crippen molar-refractivity contribution in [3.63, 3.8) is 0 Å². The summed E-state index contributed by atoms with van der Waals surface area (Å²) < 4.78 is 26.1. The number of halogens is 2. The number of carbonyl (C=O) groups is 2. The highest BCUT2D eigenvalue weighted by Gasteiger charge is 2.34. The predicted octanol–water partition coefficient (Wildman–Crippen LogP) is 4.87. The summed E-state index contributed by atoms with van der Waals surface area (Å²) in [5, 5.41) is 2.55. The summed E-state index contributed by atoms with van der Waals surface area (Å²) >= 11 is 3.48. The third kappa shape index (κ3) is 4.81. The Morgan fingerprint density at radius 3 is 2.63 bits per heavy atom. The van der Waals surface area contributed by atoms with E-state index >= 15 is 0 Å². The lowest BCUT2D eigenvalue weighted by Crippen LogP contribution is -2.30. The monoisotopic (exact) mass is 476 g/mol. The number of urea groups is 1. The molecule has 0 saturated carbocycles. The summed E-state index contributed by atoms with van der Waals surface area (Å²) in [5.41, 5.74) is 1.000. The average molecular weight is 477 g/mol. The number of benzene rings is 2. The van der Waals surface area contributed by atoms with Crippen LogP contribution in [0.3, 0.4) is 0 Å². The summed E-state index contributed by atoms with van der Waals surface area (Å²) in [6.45, 7) is 5.97. The molecule has 1 aliphatic rings. The first-order chi connectivity index (χ1) is 14.3. The van der Waals surface area contributed by atoms with Crippen LogP contribution in [-0.2, 0) is 11.3 Å². The Morgan fingerprint density at radius 2 is 1.97 bits per heavy atom. The molecular weight excluding hydrogens is 455 g/mol. The van der Waals surface area contributed by atoms with Gasteiger partial charge in [-0.3, -0.25) is 9.69 Å². The number of rotatable bonds is 7. The Hall–Kier alpha value is -2.87. The standard InChI is InChI=1S/C22H22BrFN2O4/c1-4-29-19-11-14(9-16(23)20(19)30-13(2)3)10-18-21(27)26(22(28)25-18)12-15-7-5-6-8-17(15)24/h5-11,13H,4,12H2,1-3H3,(H,25,28). The molecule has 1 fully saturated rings. The van der Waals surface area contributed by atoms with Gasteiger partial charge in [0.15, 0.2) is 11.5 Å². The zero-order valence-electron chi connectivity index (χ0n) is 16.9. The third-order valence-electron chi connectivity index (χ3n) is 4.24. The number of nitrogens with zero attached hydrogens (tertiary/aromatic N) is 1. The second-order valence-corrected chi connectivity index (χ2v) is 7.75. The molecule has 0 radical (unpaired) electrons. The molecule has 0 unspecified atom stereocenters. The van der Waals surface area contributed by atoms with Gasteiger partial charge in [-0.1, -0.05) is 18.2 Å². The highest BCUT2D eigenvalue weighted by molar-refractivity contribution is 9.10. The molecule has 158 valence electrons. The van der Waals surface area contributed by atoms with Gasteiger partial charge in [-0.05, 0) is 66.5 Å². The van der Waals surface area contributed by atoms with Crippen molar-refractivity contribution in [2.45, 2.75) is 33.4 Å². The van der Waals surface area contributed by atoms with Gasteiger partial charge in [0.25, 0.3) is 5.91 Å². The smallest absolute Gasteiger partial charge is 0.329 e. The van der Waals surface area contributed by atoms with Crippen LogP contribution in [0.4, 0.5) is 9.18 Å². The third-order valence-corrected chi connectivity index (χ3v) is 4.83. The zero-order valence-corrected chi connectivity index (χ0v) is 18.5. The van der Waals surface area contributed by atoms with Crippen LogP contribution in [0.1, 0.15) is 31.9 Å². The molecule has 1 N–H and O–H groups in total. The van der Waals surface area contributed by atoms with E-state index in [0.29, 0.717) is 28.1 Å². The Balaban J connectivity index is 1.88. The van der Waals surface area contributed by atoms with E-state index in [1.54, 1.807) is 30.3 Å². The van der Waals surface area contributed by atoms with Crippen LogP contribution in [0, 0.1) is 5.82 Å². The number of hydrogen-bond acceptors (Lipinski definition) is 4. The van der Waals surface area contributed by atoms with E-state index < -0.39 is 17.8 Å². The van der Waals surface area contributed by atoms with E-state index in [9.17, 15) is 14.0 Å². The molecule has 1 heterocycles. The van der Waals surface area contributed by atoms with Crippen LogP contribution in [0.5, 0.6) is 11.5 Å². The molecule has 3 amide bonds. The Labute approximate surface area is 182 Å². The minimum Gasteiger partial charge on any atom is -0.490 e. The van der Waals surface area contributed by atoms with Crippen molar-refractivity contribution in [3.05, 3.63) is 63.5 Å². The van der Waals surface area contributed by atoms with Crippen molar-refractivity contribution in [2.75, 3.05) is 6.61 Å². The van der Waals surface area contributed by atoms with Crippen LogP contribution in [-0.4, -0.2) is 29.5 Å². The van der Waals surface area contributed by atoms with E-state index in [4.69, 9.17) is 9.47 Å². The van der Waals surface area contributed by atoms with E-state index in [0.717, 1.165) is 4.90 Å². The maximum atomic E-state index is 13.9. The number of hydrogen-bond donors (Lipinski definition) is 1. The second kappa shape index (κ2) is 9.30. The van der Waals surface area contributed by atoms with Crippen LogP contribution >= 0.6 is 15.9 Å². The molecule has 1 aliphatic heterocycles. The Kier molecular flexibility index (Phi) is 6.77. The predicted molar refractivity (Wildman–Crippen MR) is 115 cm³/mol. The molecule has 0 aliphatic carbocycles. The lowest BCUT2D eigenvalue weighted by Gasteiger charge is -2.17. The van der Waals surface area contributed by atoms with Crippen LogP contribution in [0.25, 0.3) is 6.08 Å². The van der Waals surface area contributed by atoms with E-state index in [-0.39, 0.29) is 23.9 Å². The first-order valence-corrected chi connectivity index (χ1v) is 10.3. The molecule has 6 nitrogen and oxygen atoms in total. The van der Waals surface area contributed by atoms with Crippen molar-refractivity contribution in [3.8, 4) is 11.5 Å². The average Bonchev–Trinajstić information content (AvgIpc) is 2.93. The Morgan fingerprint density at radius 1 is 1.23 bits per heavy atom. The number of amides is 3. The van der Waals surface area contributed by atoms with Crippen LogP contribution < -0.4 is 14.8 Å². The van der Waals surface area contributed by atoms with Gasteiger partial charge in [0.1, 0.15) is 11.5 Å². The summed E-state index contributed by atoms with van der Waals surface area (Å²) in [6, 6.07) is 8.94. The highest BCUT2D eigenvalue weighted by atomic mass is 79.9. The minimum atomic E-state index is -0.599. The molecule has 0 spiro atoms. The van der Waals surface area contributed by atoms with Crippen molar-refractivity contribution >= 4 is 33.9 Å². The zero-order chi connectivity index (χ0) is 21.8. The van der Waals surface area contributed by atoms with Gasteiger partial charge in [0, 0.05) is 5.56 Å². The SMILES string of the molecule is CCOc1cc(C=C2NC(=O)N(Cc3ccccc3F)C2=O)cc(Br)c1OC(C)C. The van der Waals surface area contributed by atoms with E-state index in [1.165, 1.54) is 12.1 Å². The molecule has 0 atom stereocenters. The topological polar surface area (TPSA) is 67.9 Å². The van der Waals surface area contributed by atoms with Crippen LogP contribution in [0.2, 0.25) is 0 Å². The lowest BCUT2D eigenvalue weighted by atomic mass is 10.1. The maximum absolute atomic E-state index is 13.9. The first-order valence-electron chi connectivity index (χ1n) is 9.51. The quantitative estimate of drug-likeness (QED) is 0.457. The van der Waals surface area contributed by atoms with Gasteiger partial charge in [-0.2, -0.15) is 0 Å². The minimum absolute atomic E-state index is 0.0488. The lowest BCUT2D eigenvalue weighted by molar-refractivity contribution is -0.123. The molecule has 0 aromatic heterocycles. The molecule has 3 rings (SSSR count). The fraction of sp³-hybridized carbons (Fsp3) is 0.273. The summed E-state index contributed by atoms with van der Waals surface area (Å²) in [7, 11) is 0. The van der Waals surface area contributed by atoms with E-state index in [2.05, 4.69) is 21.2 Å². The van der Waals surface area contributed by atoms with Crippen molar-refractivity contribution in [2.24, 2.45) is 0 Å².